The summed E-state index contributed by atoms with van der Waals surface area (Å²) >= 11 is 0. The molecule has 0 saturated carbocycles. The van der Waals surface area contributed by atoms with E-state index in [9.17, 15) is 35.9 Å². The van der Waals surface area contributed by atoms with Crippen LogP contribution in [-0.4, -0.2) is 31.6 Å². The Kier molecular flexibility index (Phi) is 6.12. The molecule has 3 aromatic rings. The van der Waals surface area contributed by atoms with Crippen LogP contribution in [0.15, 0.2) is 42.9 Å². The third kappa shape index (κ3) is 5.27. The Labute approximate surface area is 181 Å². The van der Waals surface area contributed by atoms with Gasteiger partial charge in [-0.15, -0.1) is 0 Å². The Morgan fingerprint density at radius 1 is 0.970 bits per heavy atom. The van der Waals surface area contributed by atoms with Crippen LogP contribution in [-0.2, 0) is 12.4 Å². The van der Waals surface area contributed by atoms with Crippen LogP contribution in [0.2, 0.25) is 0 Å². The van der Waals surface area contributed by atoms with Crippen LogP contribution in [0, 0.1) is 0 Å². The molecule has 14 heteroatoms. The molecule has 2 aromatic heterocycles. The van der Waals surface area contributed by atoms with Crippen LogP contribution < -0.4 is 11.1 Å². The van der Waals surface area contributed by atoms with Gasteiger partial charge in [0.1, 0.15) is 6.33 Å². The Balaban J connectivity index is 1.89. The molecule has 0 unspecified atom stereocenters. The van der Waals surface area contributed by atoms with Gasteiger partial charge in [0.25, 0.3) is 5.91 Å². The molecule has 0 aliphatic rings. The molecule has 0 aliphatic carbocycles. The second kappa shape index (κ2) is 8.52. The molecule has 0 fully saturated rings. The van der Waals surface area contributed by atoms with Crippen molar-refractivity contribution in [3.8, 4) is 5.82 Å². The lowest BCUT2D eigenvalue weighted by atomic mass is 10.0. The second-order valence-corrected chi connectivity index (χ2v) is 6.79. The third-order valence-corrected chi connectivity index (χ3v) is 4.41. The summed E-state index contributed by atoms with van der Waals surface area (Å²) in [6, 6.07) is 2.33. The summed E-state index contributed by atoms with van der Waals surface area (Å²) in [6.45, 7) is 1.40. The van der Waals surface area contributed by atoms with E-state index >= 15 is 0 Å². The molecule has 2 heterocycles. The lowest BCUT2D eigenvalue weighted by molar-refractivity contribution is -0.143. The van der Waals surface area contributed by atoms with Crippen LogP contribution in [0.4, 0.5) is 26.3 Å². The first-order chi connectivity index (χ1) is 15.3. The number of hydrogen-bond acceptors (Lipinski definition) is 5. The highest BCUT2D eigenvalue weighted by Crippen LogP contribution is 2.36. The summed E-state index contributed by atoms with van der Waals surface area (Å²) in [7, 11) is 0. The smallest absolute Gasteiger partial charge is 0.366 e. The minimum absolute atomic E-state index is 0.0712. The van der Waals surface area contributed by atoms with Crippen LogP contribution in [0.3, 0.4) is 0 Å². The van der Waals surface area contributed by atoms with E-state index < -0.39 is 46.9 Å². The number of carbonyl (C=O) groups is 2. The van der Waals surface area contributed by atoms with Gasteiger partial charge >= 0.3 is 12.4 Å². The van der Waals surface area contributed by atoms with Gasteiger partial charge in [0.05, 0.1) is 22.7 Å². The van der Waals surface area contributed by atoms with Gasteiger partial charge in [0.2, 0.25) is 5.91 Å². The summed E-state index contributed by atoms with van der Waals surface area (Å²) in [5.41, 5.74) is 1.20. The molecule has 1 atom stereocenters. The predicted molar refractivity (Wildman–Crippen MR) is 100.0 cm³/mol. The summed E-state index contributed by atoms with van der Waals surface area (Å²) in [5.74, 6) is -1.66. The molecule has 2 amide bonds. The van der Waals surface area contributed by atoms with Gasteiger partial charge in [-0.2, -0.15) is 36.1 Å². The average Bonchev–Trinajstić information content (AvgIpc) is 3.22. The molecule has 0 radical (unpaired) electrons. The van der Waals surface area contributed by atoms with Gasteiger partial charge in [-0.1, -0.05) is 0 Å². The van der Waals surface area contributed by atoms with Crippen LogP contribution in [0.5, 0.6) is 0 Å². The summed E-state index contributed by atoms with van der Waals surface area (Å²) in [5, 5.41) is 6.23. The quantitative estimate of drug-likeness (QED) is 0.553. The molecule has 174 valence electrons. The third-order valence-electron chi connectivity index (χ3n) is 4.41. The fourth-order valence-corrected chi connectivity index (χ4v) is 2.81. The largest absolute Gasteiger partial charge is 0.416 e. The first-order valence-corrected chi connectivity index (χ1v) is 9.04. The normalized spacial score (nSPS) is 12.9. The lowest BCUT2D eigenvalue weighted by Gasteiger charge is -2.17. The molecular formula is C19H14F6N6O2. The van der Waals surface area contributed by atoms with E-state index in [0.717, 1.165) is 6.33 Å². The number of aromatic nitrogens is 4. The van der Waals surface area contributed by atoms with Gasteiger partial charge in [0, 0.05) is 11.8 Å². The topological polar surface area (TPSA) is 116 Å². The lowest BCUT2D eigenvalue weighted by Crippen LogP contribution is -2.29. The zero-order valence-electron chi connectivity index (χ0n) is 16.6. The van der Waals surface area contributed by atoms with E-state index in [1.807, 2.05) is 0 Å². The SMILES string of the molecule is C[C@H](NC(=O)c1cc(C(F)(F)F)cc(C(F)(F)F)c1)c1ncnn1-c1ccc(C(N)=O)cn1. The zero-order valence-corrected chi connectivity index (χ0v) is 16.6. The fraction of sp³-hybridized carbons (Fsp3) is 0.211. The molecule has 33 heavy (non-hydrogen) atoms. The van der Waals surface area contributed by atoms with E-state index in [0.29, 0.717) is 12.1 Å². The number of hydrogen-bond donors (Lipinski definition) is 2. The molecule has 0 spiro atoms. The molecule has 3 N–H and O–H groups in total. The molecule has 0 saturated heterocycles. The van der Waals surface area contributed by atoms with Gasteiger partial charge in [0.15, 0.2) is 11.6 Å². The molecular weight excluding hydrogens is 458 g/mol. The van der Waals surface area contributed by atoms with Crippen molar-refractivity contribution in [3.63, 3.8) is 0 Å². The Morgan fingerprint density at radius 2 is 1.58 bits per heavy atom. The van der Waals surface area contributed by atoms with Crippen molar-refractivity contribution in [2.24, 2.45) is 5.73 Å². The monoisotopic (exact) mass is 472 g/mol. The molecule has 0 bridgehead atoms. The number of pyridine rings is 1. The number of primary amides is 1. The maximum atomic E-state index is 13.0. The standard InChI is InChI=1S/C19H14F6N6O2/c1-9(16-28-8-29-31(16)14-3-2-10(7-27-14)15(26)32)30-17(33)11-4-12(18(20,21)22)6-13(5-11)19(23,24)25/h2-9H,1H3,(H2,26,32)(H,30,33)/t9-/m0/s1. The Hall–Kier alpha value is -3.97. The van der Waals surface area contributed by atoms with Crippen molar-refractivity contribution in [1.29, 1.82) is 0 Å². The number of halogens is 6. The first kappa shape index (κ1) is 23.7. The number of alkyl halides is 6. The maximum absolute atomic E-state index is 13.0. The van der Waals surface area contributed by atoms with Crippen LogP contribution >= 0.6 is 0 Å². The van der Waals surface area contributed by atoms with Gasteiger partial charge < -0.3 is 11.1 Å². The molecule has 1 aromatic carbocycles. The maximum Gasteiger partial charge on any atom is 0.416 e. The highest BCUT2D eigenvalue weighted by molar-refractivity contribution is 5.95. The van der Waals surface area contributed by atoms with Gasteiger partial charge in [-0.05, 0) is 37.3 Å². The highest BCUT2D eigenvalue weighted by atomic mass is 19.4. The van der Waals surface area contributed by atoms with Gasteiger partial charge in [-0.25, -0.2) is 9.97 Å². The van der Waals surface area contributed by atoms with E-state index in [1.165, 1.54) is 29.9 Å². The summed E-state index contributed by atoms with van der Waals surface area (Å²) < 4.78 is 79.5. The molecule has 8 nitrogen and oxygen atoms in total. The summed E-state index contributed by atoms with van der Waals surface area (Å²) in [4.78, 5) is 31.6. The van der Waals surface area contributed by atoms with Crippen LogP contribution in [0.1, 0.15) is 50.6 Å². The van der Waals surface area contributed by atoms with Crippen molar-refractivity contribution in [3.05, 3.63) is 70.9 Å². The number of amides is 2. The fourth-order valence-electron chi connectivity index (χ4n) is 2.81. The van der Waals surface area contributed by atoms with Crippen molar-refractivity contribution < 1.29 is 35.9 Å². The van der Waals surface area contributed by atoms with Gasteiger partial charge in [-0.3, -0.25) is 9.59 Å². The Bertz CT molecular complexity index is 1150. The molecule has 0 aliphatic heterocycles. The number of rotatable bonds is 5. The summed E-state index contributed by atoms with van der Waals surface area (Å²) in [6.07, 6.45) is -7.91. The van der Waals surface area contributed by atoms with E-state index in [-0.39, 0.29) is 23.3 Å². The predicted octanol–water partition coefficient (Wildman–Crippen LogP) is 3.29. The Morgan fingerprint density at radius 3 is 2.06 bits per heavy atom. The number of benzene rings is 1. The van der Waals surface area contributed by atoms with Crippen molar-refractivity contribution in [2.45, 2.75) is 25.3 Å². The minimum Gasteiger partial charge on any atom is -0.366 e. The first-order valence-electron chi connectivity index (χ1n) is 9.04. The molecule has 3 rings (SSSR count). The van der Waals surface area contributed by atoms with Crippen molar-refractivity contribution in [2.75, 3.05) is 0 Å². The van der Waals surface area contributed by atoms with Crippen molar-refractivity contribution >= 4 is 11.8 Å². The highest BCUT2D eigenvalue weighted by Gasteiger charge is 2.37. The zero-order chi connectivity index (χ0) is 24.6. The number of nitrogens with one attached hydrogen (secondary N) is 1. The number of carbonyl (C=O) groups excluding carboxylic acids is 2. The van der Waals surface area contributed by atoms with Crippen LogP contribution in [0.25, 0.3) is 5.82 Å². The van der Waals surface area contributed by atoms with E-state index in [4.69, 9.17) is 5.73 Å². The van der Waals surface area contributed by atoms with E-state index in [1.54, 1.807) is 0 Å². The second-order valence-electron chi connectivity index (χ2n) is 6.79. The van der Waals surface area contributed by atoms with Crippen molar-refractivity contribution in [1.82, 2.24) is 25.1 Å². The van der Waals surface area contributed by atoms with E-state index in [2.05, 4.69) is 20.4 Å². The average molecular weight is 472 g/mol. The number of nitrogens with zero attached hydrogens (tertiary/aromatic N) is 4. The number of nitrogens with two attached hydrogens (primary N) is 1. The minimum atomic E-state index is -5.09.